The van der Waals surface area contributed by atoms with Crippen molar-refractivity contribution >= 4 is 11.9 Å². The van der Waals surface area contributed by atoms with Crippen LogP contribution in [0.2, 0.25) is 0 Å². The zero-order chi connectivity index (χ0) is 12.0. The highest BCUT2D eigenvalue weighted by molar-refractivity contribution is 5.94. The molecule has 0 aromatic carbocycles. The molecule has 1 aliphatic rings. The van der Waals surface area contributed by atoms with Gasteiger partial charge in [-0.25, -0.2) is 4.79 Å². The van der Waals surface area contributed by atoms with Gasteiger partial charge in [-0.3, -0.25) is 15.0 Å². The van der Waals surface area contributed by atoms with E-state index in [0.717, 1.165) is 32.4 Å². The fourth-order valence-electron chi connectivity index (χ4n) is 1.97. The molecule has 1 aliphatic heterocycles. The zero-order valence-corrected chi connectivity index (χ0v) is 9.66. The van der Waals surface area contributed by atoms with Crippen LogP contribution in [0.3, 0.4) is 0 Å². The van der Waals surface area contributed by atoms with Crippen LogP contribution in [0.15, 0.2) is 0 Å². The summed E-state index contributed by atoms with van der Waals surface area (Å²) < 4.78 is 0. The van der Waals surface area contributed by atoms with Gasteiger partial charge in [0.25, 0.3) is 0 Å². The Morgan fingerprint density at radius 2 is 2.19 bits per heavy atom. The summed E-state index contributed by atoms with van der Waals surface area (Å²) in [4.78, 5) is 23.8. The van der Waals surface area contributed by atoms with Crippen LogP contribution in [0.5, 0.6) is 0 Å². The molecule has 0 radical (unpaired) electrons. The first-order chi connectivity index (χ1) is 7.59. The Morgan fingerprint density at radius 1 is 1.44 bits per heavy atom. The summed E-state index contributed by atoms with van der Waals surface area (Å²) in [7, 11) is 1.90. The smallest absolute Gasteiger partial charge is 0.318 e. The van der Waals surface area contributed by atoms with Crippen LogP contribution in [0.4, 0.5) is 4.79 Å². The third-order valence-corrected chi connectivity index (χ3v) is 2.82. The van der Waals surface area contributed by atoms with Crippen molar-refractivity contribution in [2.45, 2.75) is 25.3 Å². The summed E-state index contributed by atoms with van der Waals surface area (Å²) in [5, 5.41) is 5.39. The molecule has 0 saturated carbocycles. The van der Waals surface area contributed by atoms with E-state index in [1.54, 1.807) is 0 Å². The Hall–Kier alpha value is -1.14. The molecule has 0 spiro atoms. The van der Waals surface area contributed by atoms with Crippen LogP contribution in [-0.4, -0.2) is 49.6 Å². The van der Waals surface area contributed by atoms with Gasteiger partial charge in [-0.1, -0.05) is 0 Å². The monoisotopic (exact) mass is 228 g/mol. The van der Waals surface area contributed by atoms with E-state index in [1.165, 1.54) is 0 Å². The van der Waals surface area contributed by atoms with E-state index < -0.39 is 6.03 Å². The number of rotatable bonds is 3. The number of imide groups is 1. The number of amides is 3. The van der Waals surface area contributed by atoms with Crippen LogP contribution in [0.1, 0.15) is 19.3 Å². The lowest BCUT2D eigenvalue weighted by Gasteiger charge is -2.25. The van der Waals surface area contributed by atoms with E-state index in [0.29, 0.717) is 6.04 Å². The molecule has 16 heavy (non-hydrogen) atoms. The number of urea groups is 1. The van der Waals surface area contributed by atoms with Crippen molar-refractivity contribution in [3.63, 3.8) is 0 Å². The number of nitrogens with one attached hydrogen (secondary N) is 2. The molecule has 1 atom stereocenters. The minimum Gasteiger partial charge on any atom is -0.351 e. The lowest BCUT2D eigenvalue weighted by Crippen LogP contribution is -2.44. The molecule has 92 valence electrons. The van der Waals surface area contributed by atoms with E-state index in [1.807, 2.05) is 11.9 Å². The molecule has 4 N–H and O–H groups in total. The van der Waals surface area contributed by atoms with Gasteiger partial charge < -0.3 is 11.1 Å². The highest BCUT2D eigenvalue weighted by atomic mass is 16.2. The Morgan fingerprint density at radius 3 is 2.88 bits per heavy atom. The van der Waals surface area contributed by atoms with E-state index in [4.69, 9.17) is 5.73 Å². The quantitative estimate of drug-likeness (QED) is 0.593. The van der Waals surface area contributed by atoms with Gasteiger partial charge in [-0.15, -0.1) is 0 Å². The molecule has 0 aliphatic carbocycles. The predicted octanol–water partition coefficient (Wildman–Crippen LogP) is -0.745. The first-order valence-electron chi connectivity index (χ1n) is 5.60. The molecular formula is C10H20N4O2. The van der Waals surface area contributed by atoms with Crippen molar-refractivity contribution in [3.8, 4) is 0 Å². The van der Waals surface area contributed by atoms with Gasteiger partial charge in [-0.2, -0.15) is 0 Å². The summed E-state index contributed by atoms with van der Waals surface area (Å²) in [5.41, 5.74) is 4.87. The fourth-order valence-corrected chi connectivity index (χ4v) is 1.97. The average molecular weight is 228 g/mol. The van der Waals surface area contributed by atoms with Crippen molar-refractivity contribution in [1.82, 2.24) is 15.5 Å². The molecule has 0 aromatic rings. The Bertz CT molecular complexity index is 249. The maximum absolute atomic E-state index is 11.3. The molecule has 1 heterocycles. The van der Waals surface area contributed by atoms with Crippen molar-refractivity contribution in [1.29, 1.82) is 0 Å². The second kappa shape index (κ2) is 6.44. The second-order valence-corrected chi connectivity index (χ2v) is 4.16. The van der Waals surface area contributed by atoms with Crippen LogP contribution < -0.4 is 16.4 Å². The van der Waals surface area contributed by atoms with Crippen LogP contribution in [0.25, 0.3) is 0 Å². The van der Waals surface area contributed by atoms with Gasteiger partial charge in [0.1, 0.15) is 0 Å². The van der Waals surface area contributed by atoms with Crippen molar-refractivity contribution in [2.24, 2.45) is 5.73 Å². The van der Waals surface area contributed by atoms with Crippen molar-refractivity contribution in [2.75, 3.05) is 26.7 Å². The molecule has 0 aromatic heterocycles. The Kier molecular flexibility index (Phi) is 5.21. The normalized spacial score (nSPS) is 21.5. The number of primary amides is 1. The highest BCUT2D eigenvalue weighted by Crippen LogP contribution is 2.10. The minimum absolute atomic E-state index is 0.216. The molecule has 1 fully saturated rings. The van der Waals surface area contributed by atoms with E-state index in [2.05, 4.69) is 10.6 Å². The first kappa shape index (κ1) is 12.9. The predicted molar refractivity (Wildman–Crippen MR) is 60.9 cm³/mol. The van der Waals surface area contributed by atoms with Gasteiger partial charge in [-0.05, 0) is 39.4 Å². The summed E-state index contributed by atoms with van der Waals surface area (Å²) in [6.07, 6.45) is 3.22. The number of nitrogens with two attached hydrogens (primary N) is 1. The maximum atomic E-state index is 11.3. The van der Waals surface area contributed by atoms with Crippen molar-refractivity contribution < 1.29 is 9.59 Å². The Labute approximate surface area is 95.5 Å². The molecule has 1 saturated heterocycles. The number of hydrogen-bond acceptors (Lipinski definition) is 4. The highest BCUT2D eigenvalue weighted by Gasteiger charge is 2.18. The summed E-state index contributed by atoms with van der Waals surface area (Å²) >= 11 is 0. The Balaban J connectivity index is 2.34. The number of hydrogen-bond donors (Lipinski definition) is 3. The zero-order valence-electron chi connectivity index (χ0n) is 9.66. The molecule has 1 unspecified atom stereocenters. The second-order valence-electron chi connectivity index (χ2n) is 4.16. The van der Waals surface area contributed by atoms with E-state index in [9.17, 15) is 9.59 Å². The third kappa shape index (κ3) is 4.59. The maximum Gasteiger partial charge on any atom is 0.318 e. The summed E-state index contributed by atoms with van der Waals surface area (Å²) in [6, 6.07) is -0.394. The van der Waals surface area contributed by atoms with E-state index >= 15 is 0 Å². The van der Waals surface area contributed by atoms with Gasteiger partial charge in [0.15, 0.2) is 0 Å². The van der Waals surface area contributed by atoms with Gasteiger partial charge in [0, 0.05) is 6.04 Å². The summed E-state index contributed by atoms with van der Waals surface area (Å²) in [6.45, 7) is 2.23. The number of likely N-dealkylation sites (N-methyl/N-ethyl adjacent to an activating group) is 1. The van der Waals surface area contributed by atoms with E-state index in [-0.39, 0.29) is 12.5 Å². The van der Waals surface area contributed by atoms with Gasteiger partial charge in [0.2, 0.25) is 5.91 Å². The SMILES string of the molecule is CN(CC(=O)NC(N)=O)C1CCCNCC1. The van der Waals surface area contributed by atoms with Gasteiger partial charge >= 0.3 is 6.03 Å². The average Bonchev–Trinajstić information content (AvgIpc) is 2.43. The molecule has 3 amide bonds. The molecule has 1 rings (SSSR count). The number of carbonyl (C=O) groups excluding carboxylic acids is 2. The fraction of sp³-hybridized carbons (Fsp3) is 0.800. The molecular weight excluding hydrogens is 208 g/mol. The van der Waals surface area contributed by atoms with Crippen LogP contribution >= 0.6 is 0 Å². The number of nitrogens with zero attached hydrogens (tertiary/aromatic N) is 1. The molecule has 0 bridgehead atoms. The molecule has 6 nitrogen and oxygen atoms in total. The lowest BCUT2D eigenvalue weighted by molar-refractivity contribution is -0.121. The van der Waals surface area contributed by atoms with Crippen molar-refractivity contribution in [3.05, 3.63) is 0 Å². The first-order valence-corrected chi connectivity index (χ1v) is 5.60. The standard InChI is InChI=1S/C10H20N4O2/c1-14(7-9(15)13-10(11)16)8-3-2-5-12-6-4-8/h8,12H,2-7H2,1H3,(H3,11,13,15,16). The lowest BCUT2D eigenvalue weighted by atomic mass is 10.1. The number of carbonyl (C=O) groups is 2. The van der Waals surface area contributed by atoms with Gasteiger partial charge in [0.05, 0.1) is 6.54 Å². The topological polar surface area (TPSA) is 87.5 Å². The summed E-state index contributed by atoms with van der Waals surface area (Å²) in [5.74, 6) is -0.341. The largest absolute Gasteiger partial charge is 0.351 e. The van der Waals surface area contributed by atoms with Crippen LogP contribution in [0, 0.1) is 0 Å². The van der Waals surface area contributed by atoms with Crippen LogP contribution in [-0.2, 0) is 4.79 Å². The molecule has 6 heteroatoms. The minimum atomic E-state index is -0.791. The third-order valence-electron chi connectivity index (χ3n) is 2.82.